The molecule has 1 fully saturated rings. The molecule has 2 aliphatic rings. The summed E-state index contributed by atoms with van der Waals surface area (Å²) in [5.41, 5.74) is 9.38. The van der Waals surface area contributed by atoms with Gasteiger partial charge in [0.2, 0.25) is 5.91 Å². The van der Waals surface area contributed by atoms with Crippen LogP contribution in [0, 0.1) is 0 Å². The van der Waals surface area contributed by atoms with E-state index < -0.39 is 5.54 Å². The standard InChI is InChI=1S/C14H18N2O/c15-14(6-7-14)13(17)16-9-10-4-5-11-2-1-3-12(11)8-10/h4-5,8H,1-3,6-7,9,15H2,(H,16,17). The van der Waals surface area contributed by atoms with E-state index in [1.165, 1.54) is 36.0 Å². The molecular weight excluding hydrogens is 212 g/mol. The topological polar surface area (TPSA) is 55.1 Å². The third-order valence-corrected chi connectivity index (χ3v) is 3.86. The fourth-order valence-corrected chi connectivity index (χ4v) is 2.46. The highest BCUT2D eigenvalue weighted by molar-refractivity contribution is 5.88. The Kier molecular flexibility index (Phi) is 2.44. The number of carbonyl (C=O) groups is 1. The van der Waals surface area contributed by atoms with Crippen LogP contribution in [0.1, 0.15) is 36.0 Å². The van der Waals surface area contributed by atoms with Crippen molar-refractivity contribution in [3.05, 3.63) is 34.9 Å². The van der Waals surface area contributed by atoms with Gasteiger partial charge in [0.05, 0.1) is 5.54 Å². The molecule has 1 aromatic carbocycles. The highest BCUT2D eigenvalue weighted by Gasteiger charge is 2.45. The van der Waals surface area contributed by atoms with Gasteiger partial charge in [-0.1, -0.05) is 18.2 Å². The van der Waals surface area contributed by atoms with Crippen molar-refractivity contribution in [3.8, 4) is 0 Å². The van der Waals surface area contributed by atoms with E-state index >= 15 is 0 Å². The van der Waals surface area contributed by atoms with Gasteiger partial charge in [0.15, 0.2) is 0 Å². The summed E-state index contributed by atoms with van der Waals surface area (Å²) in [5, 5.41) is 2.93. The van der Waals surface area contributed by atoms with Crippen LogP contribution in [0.25, 0.3) is 0 Å². The second kappa shape index (κ2) is 3.84. The first-order chi connectivity index (χ1) is 8.17. The van der Waals surface area contributed by atoms with Crippen LogP contribution in [0.5, 0.6) is 0 Å². The van der Waals surface area contributed by atoms with Crippen molar-refractivity contribution in [1.29, 1.82) is 0 Å². The molecule has 0 radical (unpaired) electrons. The predicted octanol–water partition coefficient (Wildman–Crippen LogP) is 1.28. The SMILES string of the molecule is NC1(C(=O)NCc2ccc3c(c2)CCC3)CC1. The van der Waals surface area contributed by atoms with Gasteiger partial charge in [-0.15, -0.1) is 0 Å². The minimum atomic E-state index is -0.559. The van der Waals surface area contributed by atoms with Crippen LogP contribution < -0.4 is 11.1 Å². The Morgan fingerprint density at radius 2 is 2.06 bits per heavy atom. The molecule has 0 heterocycles. The number of benzene rings is 1. The smallest absolute Gasteiger partial charge is 0.240 e. The summed E-state index contributed by atoms with van der Waals surface area (Å²) < 4.78 is 0. The average molecular weight is 230 g/mol. The zero-order valence-electron chi connectivity index (χ0n) is 9.96. The summed E-state index contributed by atoms with van der Waals surface area (Å²) in [4.78, 5) is 11.7. The number of nitrogens with two attached hydrogens (primary N) is 1. The molecule has 17 heavy (non-hydrogen) atoms. The molecule has 90 valence electrons. The van der Waals surface area contributed by atoms with Crippen LogP contribution in [-0.2, 0) is 24.2 Å². The van der Waals surface area contributed by atoms with Crippen molar-refractivity contribution in [2.45, 2.75) is 44.2 Å². The molecular formula is C14H18N2O. The van der Waals surface area contributed by atoms with E-state index in [1.54, 1.807) is 0 Å². The van der Waals surface area contributed by atoms with Gasteiger partial charge in [-0.2, -0.15) is 0 Å². The lowest BCUT2D eigenvalue weighted by atomic mass is 10.1. The Balaban J connectivity index is 1.63. The lowest BCUT2D eigenvalue weighted by Gasteiger charge is -2.10. The lowest BCUT2D eigenvalue weighted by molar-refractivity contribution is -0.123. The number of nitrogens with one attached hydrogen (secondary N) is 1. The first-order valence-electron chi connectivity index (χ1n) is 6.35. The lowest BCUT2D eigenvalue weighted by Crippen LogP contribution is -2.42. The van der Waals surface area contributed by atoms with Gasteiger partial charge in [0.1, 0.15) is 0 Å². The highest BCUT2D eigenvalue weighted by Crippen LogP contribution is 2.32. The summed E-state index contributed by atoms with van der Waals surface area (Å²) in [6, 6.07) is 6.53. The van der Waals surface area contributed by atoms with Crippen molar-refractivity contribution >= 4 is 5.91 Å². The molecule has 1 saturated carbocycles. The monoisotopic (exact) mass is 230 g/mol. The summed E-state index contributed by atoms with van der Waals surface area (Å²) in [6.07, 6.45) is 5.29. The molecule has 0 unspecified atom stereocenters. The van der Waals surface area contributed by atoms with Crippen LogP contribution in [0.15, 0.2) is 18.2 Å². The van der Waals surface area contributed by atoms with Gasteiger partial charge in [0.25, 0.3) is 0 Å². The number of hydrogen-bond acceptors (Lipinski definition) is 2. The van der Waals surface area contributed by atoms with Crippen LogP contribution in [0.4, 0.5) is 0 Å². The van der Waals surface area contributed by atoms with E-state index in [-0.39, 0.29) is 5.91 Å². The second-order valence-electron chi connectivity index (χ2n) is 5.30. The average Bonchev–Trinajstić information content (AvgIpc) is 2.93. The predicted molar refractivity (Wildman–Crippen MR) is 66.5 cm³/mol. The van der Waals surface area contributed by atoms with Crippen molar-refractivity contribution < 1.29 is 4.79 Å². The molecule has 0 atom stereocenters. The van der Waals surface area contributed by atoms with E-state index in [9.17, 15) is 4.79 Å². The molecule has 0 aromatic heterocycles. The van der Waals surface area contributed by atoms with Gasteiger partial charge >= 0.3 is 0 Å². The second-order valence-corrected chi connectivity index (χ2v) is 5.30. The van der Waals surface area contributed by atoms with Crippen LogP contribution >= 0.6 is 0 Å². The van der Waals surface area contributed by atoms with Gasteiger partial charge in [0, 0.05) is 6.54 Å². The van der Waals surface area contributed by atoms with E-state index in [4.69, 9.17) is 5.73 Å². The molecule has 3 N–H and O–H groups in total. The van der Waals surface area contributed by atoms with E-state index in [1.807, 2.05) is 0 Å². The minimum absolute atomic E-state index is 0.00185. The van der Waals surface area contributed by atoms with E-state index in [0.29, 0.717) is 6.54 Å². The molecule has 0 spiro atoms. The minimum Gasteiger partial charge on any atom is -0.350 e. The van der Waals surface area contributed by atoms with Crippen molar-refractivity contribution in [2.75, 3.05) is 0 Å². The molecule has 3 rings (SSSR count). The van der Waals surface area contributed by atoms with E-state index in [0.717, 1.165) is 12.8 Å². The molecule has 1 amide bonds. The zero-order valence-corrected chi connectivity index (χ0v) is 9.96. The quantitative estimate of drug-likeness (QED) is 0.822. The van der Waals surface area contributed by atoms with Crippen LogP contribution in [-0.4, -0.2) is 11.4 Å². The van der Waals surface area contributed by atoms with Crippen molar-refractivity contribution in [1.82, 2.24) is 5.32 Å². The van der Waals surface area contributed by atoms with E-state index in [2.05, 4.69) is 23.5 Å². The summed E-state index contributed by atoms with van der Waals surface area (Å²) >= 11 is 0. The largest absolute Gasteiger partial charge is 0.350 e. The van der Waals surface area contributed by atoms with Gasteiger partial charge in [-0.05, 0) is 48.8 Å². The van der Waals surface area contributed by atoms with Gasteiger partial charge < -0.3 is 11.1 Å². The molecule has 3 nitrogen and oxygen atoms in total. The third kappa shape index (κ3) is 2.07. The number of rotatable bonds is 3. The number of aryl methyl sites for hydroxylation is 2. The third-order valence-electron chi connectivity index (χ3n) is 3.86. The highest BCUT2D eigenvalue weighted by atomic mass is 16.2. The van der Waals surface area contributed by atoms with Crippen LogP contribution in [0.3, 0.4) is 0 Å². The summed E-state index contributed by atoms with van der Waals surface area (Å²) in [7, 11) is 0. The molecule has 1 aromatic rings. The number of amides is 1. The maximum absolute atomic E-state index is 11.7. The van der Waals surface area contributed by atoms with Crippen LogP contribution in [0.2, 0.25) is 0 Å². The molecule has 0 saturated heterocycles. The zero-order chi connectivity index (χ0) is 11.9. The Morgan fingerprint density at radius 1 is 1.29 bits per heavy atom. The summed E-state index contributed by atoms with van der Waals surface area (Å²) in [5.74, 6) is -0.00185. The fourth-order valence-electron chi connectivity index (χ4n) is 2.46. The Bertz CT molecular complexity index is 463. The van der Waals surface area contributed by atoms with Crippen molar-refractivity contribution in [2.24, 2.45) is 5.73 Å². The maximum Gasteiger partial charge on any atom is 0.240 e. The fraction of sp³-hybridized carbons (Fsp3) is 0.500. The number of carbonyl (C=O) groups excluding carboxylic acids is 1. The molecule has 0 aliphatic heterocycles. The number of hydrogen-bond donors (Lipinski definition) is 2. The van der Waals surface area contributed by atoms with Crippen molar-refractivity contribution in [3.63, 3.8) is 0 Å². The van der Waals surface area contributed by atoms with Gasteiger partial charge in [-0.25, -0.2) is 0 Å². The molecule has 2 aliphatic carbocycles. The Labute approximate surface area is 101 Å². The Morgan fingerprint density at radius 3 is 2.82 bits per heavy atom. The molecule has 0 bridgehead atoms. The maximum atomic E-state index is 11.7. The first-order valence-corrected chi connectivity index (χ1v) is 6.35. The first kappa shape index (κ1) is 10.8. The number of fused-ring (bicyclic) bond motifs is 1. The van der Waals surface area contributed by atoms with Gasteiger partial charge in [-0.3, -0.25) is 4.79 Å². The summed E-state index contributed by atoms with van der Waals surface area (Å²) in [6.45, 7) is 0.602. The normalized spacial score (nSPS) is 19.8. The Hall–Kier alpha value is -1.35. The molecule has 3 heteroatoms.